The quantitative estimate of drug-likeness (QED) is 0.838. The number of benzene rings is 2. The number of hydrogen-bond acceptors (Lipinski definition) is 2. The van der Waals surface area contributed by atoms with Gasteiger partial charge in [-0.05, 0) is 43.5 Å². The maximum absolute atomic E-state index is 12.2. The molecule has 0 saturated heterocycles. The number of aryl methyl sites for hydroxylation is 3. The van der Waals surface area contributed by atoms with E-state index in [2.05, 4.69) is 24.4 Å². The van der Waals surface area contributed by atoms with Crippen molar-refractivity contribution in [1.82, 2.24) is 0 Å². The second-order valence-corrected chi connectivity index (χ2v) is 5.20. The van der Waals surface area contributed by atoms with E-state index < -0.39 is 0 Å². The molecule has 0 aliphatic carbocycles. The Hall–Kier alpha value is -2.29. The number of anilines is 2. The van der Waals surface area contributed by atoms with Crippen molar-refractivity contribution in [3.8, 4) is 0 Å². The lowest BCUT2D eigenvalue weighted by molar-refractivity contribution is -0.115. The Morgan fingerprint density at radius 1 is 1.10 bits per heavy atom. The summed E-state index contributed by atoms with van der Waals surface area (Å²) >= 11 is 0. The van der Waals surface area contributed by atoms with Gasteiger partial charge < -0.3 is 11.1 Å². The van der Waals surface area contributed by atoms with Crippen LogP contribution in [-0.2, 0) is 11.2 Å². The van der Waals surface area contributed by atoms with E-state index in [4.69, 9.17) is 5.73 Å². The van der Waals surface area contributed by atoms with Crippen molar-refractivity contribution in [3.63, 3.8) is 0 Å². The number of hydrogen-bond donors (Lipinski definition) is 2. The maximum atomic E-state index is 12.2. The van der Waals surface area contributed by atoms with Gasteiger partial charge in [0.25, 0.3) is 0 Å². The standard InChI is InChI=1S/C17H20N2O/c1-11-8-12(2)17(13(3)9-11)19-16(20)10-14-6-4-5-7-15(14)18/h4-9H,10,18H2,1-3H3,(H,19,20). The molecule has 0 aliphatic rings. The molecular formula is C17H20N2O. The summed E-state index contributed by atoms with van der Waals surface area (Å²) in [5.41, 5.74) is 11.6. The van der Waals surface area contributed by atoms with Crippen molar-refractivity contribution in [2.45, 2.75) is 27.2 Å². The van der Waals surface area contributed by atoms with Gasteiger partial charge >= 0.3 is 0 Å². The van der Waals surface area contributed by atoms with E-state index in [9.17, 15) is 4.79 Å². The zero-order valence-corrected chi connectivity index (χ0v) is 12.2. The van der Waals surface area contributed by atoms with Gasteiger partial charge in [-0.15, -0.1) is 0 Å². The third-order valence-corrected chi connectivity index (χ3v) is 3.35. The van der Waals surface area contributed by atoms with E-state index in [1.807, 2.05) is 38.1 Å². The summed E-state index contributed by atoms with van der Waals surface area (Å²) in [6.45, 7) is 6.06. The van der Waals surface area contributed by atoms with Gasteiger partial charge in [-0.25, -0.2) is 0 Å². The third-order valence-electron chi connectivity index (χ3n) is 3.35. The van der Waals surface area contributed by atoms with E-state index >= 15 is 0 Å². The van der Waals surface area contributed by atoms with Gasteiger partial charge in [0.05, 0.1) is 6.42 Å². The number of rotatable bonds is 3. The Kier molecular flexibility index (Phi) is 4.08. The molecule has 3 N–H and O–H groups in total. The lowest BCUT2D eigenvalue weighted by Crippen LogP contribution is -2.16. The molecule has 0 aromatic heterocycles. The van der Waals surface area contributed by atoms with Crippen LogP contribution in [0.5, 0.6) is 0 Å². The first-order valence-electron chi connectivity index (χ1n) is 6.68. The van der Waals surface area contributed by atoms with Crippen molar-refractivity contribution in [2.75, 3.05) is 11.1 Å². The van der Waals surface area contributed by atoms with E-state index in [0.717, 1.165) is 22.4 Å². The number of carbonyl (C=O) groups is 1. The van der Waals surface area contributed by atoms with E-state index in [-0.39, 0.29) is 5.91 Å². The zero-order valence-electron chi connectivity index (χ0n) is 12.2. The van der Waals surface area contributed by atoms with Crippen LogP contribution < -0.4 is 11.1 Å². The molecule has 3 heteroatoms. The summed E-state index contributed by atoms with van der Waals surface area (Å²) in [5, 5.41) is 2.99. The first-order valence-corrected chi connectivity index (χ1v) is 6.68. The van der Waals surface area contributed by atoms with Crippen molar-refractivity contribution in [1.29, 1.82) is 0 Å². The summed E-state index contributed by atoms with van der Waals surface area (Å²) in [6, 6.07) is 11.6. The van der Waals surface area contributed by atoms with Crippen LogP contribution in [0.25, 0.3) is 0 Å². The van der Waals surface area contributed by atoms with Crippen molar-refractivity contribution >= 4 is 17.3 Å². The van der Waals surface area contributed by atoms with Gasteiger partial charge in [0.1, 0.15) is 0 Å². The normalized spacial score (nSPS) is 10.3. The van der Waals surface area contributed by atoms with Crippen molar-refractivity contribution in [2.24, 2.45) is 0 Å². The molecular weight excluding hydrogens is 248 g/mol. The van der Waals surface area contributed by atoms with E-state index in [0.29, 0.717) is 12.1 Å². The molecule has 3 nitrogen and oxygen atoms in total. The van der Waals surface area contributed by atoms with Crippen LogP contribution in [0.1, 0.15) is 22.3 Å². The van der Waals surface area contributed by atoms with Crippen LogP contribution in [0.15, 0.2) is 36.4 Å². The number of carbonyl (C=O) groups excluding carboxylic acids is 1. The Bertz CT molecular complexity index is 624. The summed E-state index contributed by atoms with van der Waals surface area (Å²) in [6.07, 6.45) is 0.291. The molecule has 0 atom stereocenters. The highest BCUT2D eigenvalue weighted by Gasteiger charge is 2.10. The van der Waals surface area contributed by atoms with Gasteiger partial charge in [-0.3, -0.25) is 4.79 Å². The highest BCUT2D eigenvalue weighted by atomic mass is 16.1. The minimum absolute atomic E-state index is 0.0436. The molecule has 1 amide bonds. The highest BCUT2D eigenvalue weighted by molar-refractivity contribution is 5.94. The molecule has 0 aliphatic heterocycles. The Labute approximate surface area is 119 Å². The molecule has 0 spiro atoms. The summed E-state index contributed by atoms with van der Waals surface area (Å²) in [5.74, 6) is -0.0436. The Morgan fingerprint density at radius 2 is 1.70 bits per heavy atom. The average molecular weight is 268 g/mol. The number of nitrogen functional groups attached to an aromatic ring is 1. The zero-order chi connectivity index (χ0) is 14.7. The van der Waals surface area contributed by atoms with Crippen LogP contribution in [0.2, 0.25) is 0 Å². The molecule has 0 saturated carbocycles. The van der Waals surface area contributed by atoms with Crippen molar-refractivity contribution < 1.29 is 4.79 Å². The van der Waals surface area contributed by atoms with Crippen LogP contribution in [0.4, 0.5) is 11.4 Å². The largest absolute Gasteiger partial charge is 0.398 e. The molecule has 0 unspecified atom stereocenters. The summed E-state index contributed by atoms with van der Waals surface area (Å²) in [4.78, 5) is 12.2. The molecule has 2 aromatic carbocycles. The molecule has 0 bridgehead atoms. The number of nitrogens with two attached hydrogens (primary N) is 1. The van der Waals surface area contributed by atoms with E-state index in [1.54, 1.807) is 0 Å². The van der Waals surface area contributed by atoms with Gasteiger partial charge in [0.2, 0.25) is 5.91 Å². The third kappa shape index (κ3) is 3.18. The smallest absolute Gasteiger partial charge is 0.228 e. The predicted molar refractivity (Wildman–Crippen MR) is 83.8 cm³/mol. The monoisotopic (exact) mass is 268 g/mol. The Balaban J connectivity index is 2.15. The van der Waals surface area contributed by atoms with Gasteiger partial charge in [-0.2, -0.15) is 0 Å². The predicted octanol–water partition coefficient (Wildman–Crippen LogP) is 3.38. The molecule has 2 aromatic rings. The number of amides is 1. The fraction of sp³-hybridized carbons (Fsp3) is 0.235. The maximum Gasteiger partial charge on any atom is 0.228 e. The topological polar surface area (TPSA) is 55.1 Å². The minimum Gasteiger partial charge on any atom is -0.398 e. The number of nitrogens with one attached hydrogen (secondary N) is 1. The van der Waals surface area contributed by atoms with Crippen LogP contribution >= 0.6 is 0 Å². The van der Waals surface area contributed by atoms with Gasteiger partial charge in [0, 0.05) is 11.4 Å². The van der Waals surface area contributed by atoms with Crippen LogP contribution in [0.3, 0.4) is 0 Å². The van der Waals surface area contributed by atoms with Gasteiger partial charge in [-0.1, -0.05) is 35.9 Å². The van der Waals surface area contributed by atoms with Crippen molar-refractivity contribution in [3.05, 3.63) is 58.7 Å². The van der Waals surface area contributed by atoms with Gasteiger partial charge in [0.15, 0.2) is 0 Å². The lowest BCUT2D eigenvalue weighted by atomic mass is 10.0. The first-order chi connectivity index (χ1) is 9.47. The molecule has 20 heavy (non-hydrogen) atoms. The Morgan fingerprint density at radius 3 is 2.30 bits per heavy atom. The fourth-order valence-electron chi connectivity index (χ4n) is 2.43. The van der Waals surface area contributed by atoms with Crippen LogP contribution in [-0.4, -0.2) is 5.91 Å². The SMILES string of the molecule is Cc1cc(C)c(NC(=O)Cc2ccccc2N)c(C)c1. The van der Waals surface area contributed by atoms with E-state index in [1.165, 1.54) is 5.56 Å². The summed E-state index contributed by atoms with van der Waals surface area (Å²) in [7, 11) is 0. The molecule has 2 rings (SSSR count). The minimum atomic E-state index is -0.0436. The highest BCUT2D eigenvalue weighted by Crippen LogP contribution is 2.22. The second-order valence-electron chi connectivity index (χ2n) is 5.20. The number of para-hydroxylation sites is 1. The second kappa shape index (κ2) is 5.78. The molecule has 104 valence electrons. The molecule has 0 heterocycles. The molecule has 0 radical (unpaired) electrons. The average Bonchev–Trinajstić information content (AvgIpc) is 2.36. The molecule has 0 fully saturated rings. The van der Waals surface area contributed by atoms with Crippen LogP contribution in [0, 0.1) is 20.8 Å². The first kappa shape index (κ1) is 14.1. The lowest BCUT2D eigenvalue weighted by Gasteiger charge is -2.13. The summed E-state index contributed by atoms with van der Waals surface area (Å²) < 4.78 is 0. The fourth-order valence-corrected chi connectivity index (χ4v) is 2.43.